The Labute approximate surface area is 119 Å². The van der Waals surface area contributed by atoms with Gasteiger partial charge in [0, 0.05) is 17.7 Å². The Morgan fingerprint density at radius 3 is 2.35 bits per heavy atom. The number of carbonyl (C=O) groups is 1. The van der Waals surface area contributed by atoms with Crippen LogP contribution in [0.2, 0.25) is 0 Å². The minimum absolute atomic E-state index is 0.00926. The van der Waals surface area contributed by atoms with Gasteiger partial charge in [0.25, 0.3) is 0 Å². The van der Waals surface area contributed by atoms with Crippen molar-refractivity contribution in [3.63, 3.8) is 0 Å². The quantitative estimate of drug-likeness (QED) is 0.927. The van der Waals surface area contributed by atoms with E-state index in [4.69, 9.17) is 4.52 Å². The largest absolute Gasteiger partial charge is 0.361 e. The molecule has 0 radical (unpaired) electrons. The second kappa shape index (κ2) is 5.90. The van der Waals surface area contributed by atoms with E-state index in [9.17, 15) is 4.79 Å². The molecule has 0 saturated carbocycles. The number of rotatable bonds is 4. The molecule has 4 heteroatoms. The van der Waals surface area contributed by atoms with Gasteiger partial charge < -0.3 is 9.84 Å². The Morgan fingerprint density at radius 2 is 1.80 bits per heavy atom. The average Bonchev–Trinajstić information content (AvgIpc) is 2.65. The van der Waals surface area contributed by atoms with Gasteiger partial charge in [-0.25, -0.2) is 0 Å². The van der Waals surface area contributed by atoms with E-state index in [1.165, 1.54) is 0 Å². The van der Waals surface area contributed by atoms with Crippen molar-refractivity contribution in [1.29, 1.82) is 0 Å². The van der Waals surface area contributed by atoms with Crippen molar-refractivity contribution in [1.82, 2.24) is 5.16 Å². The van der Waals surface area contributed by atoms with Gasteiger partial charge in [-0.2, -0.15) is 0 Å². The first-order chi connectivity index (χ1) is 9.45. The SMILES string of the molecule is Cc1cc(C)cc(NC(=O)CCc2c(C)noc2C)c1. The number of nitrogens with one attached hydrogen (secondary N) is 1. The molecule has 0 bridgehead atoms. The molecular formula is C16H20N2O2. The average molecular weight is 272 g/mol. The fraction of sp³-hybridized carbons (Fsp3) is 0.375. The smallest absolute Gasteiger partial charge is 0.224 e. The molecule has 1 aromatic heterocycles. The van der Waals surface area contributed by atoms with Crippen molar-refractivity contribution < 1.29 is 9.32 Å². The van der Waals surface area contributed by atoms with E-state index in [1.807, 2.05) is 39.8 Å². The van der Waals surface area contributed by atoms with Crippen LogP contribution in [0.5, 0.6) is 0 Å². The van der Waals surface area contributed by atoms with Gasteiger partial charge >= 0.3 is 0 Å². The van der Waals surface area contributed by atoms with Crippen molar-refractivity contribution in [3.8, 4) is 0 Å². The van der Waals surface area contributed by atoms with Gasteiger partial charge in [0.1, 0.15) is 5.76 Å². The van der Waals surface area contributed by atoms with Gasteiger partial charge in [-0.05, 0) is 57.4 Å². The van der Waals surface area contributed by atoms with E-state index in [1.54, 1.807) is 0 Å². The van der Waals surface area contributed by atoms with E-state index < -0.39 is 0 Å². The molecule has 2 aromatic rings. The maximum Gasteiger partial charge on any atom is 0.224 e. The molecule has 0 aliphatic heterocycles. The number of aryl methyl sites for hydroxylation is 4. The summed E-state index contributed by atoms with van der Waals surface area (Å²) < 4.78 is 5.10. The summed E-state index contributed by atoms with van der Waals surface area (Å²) in [5.74, 6) is 0.803. The first-order valence-corrected chi connectivity index (χ1v) is 6.75. The van der Waals surface area contributed by atoms with Crippen molar-refractivity contribution in [3.05, 3.63) is 46.3 Å². The monoisotopic (exact) mass is 272 g/mol. The molecule has 0 aliphatic carbocycles. The van der Waals surface area contributed by atoms with Crippen LogP contribution in [0, 0.1) is 27.7 Å². The zero-order valence-corrected chi connectivity index (χ0v) is 12.4. The lowest BCUT2D eigenvalue weighted by molar-refractivity contribution is -0.116. The number of carbonyl (C=O) groups excluding carboxylic acids is 1. The summed E-state index contributed by atoms with van der Waals surface area (Å²) in [5.41, 5.74) is 5.03. The summed E-state index contributed by atoms with van der Waals surface area (Å²) in [6, 6.07) is 6.03. The van der Waals surface area contributed by atoms with Crippen LogP contribution in [0.25, 0.3) is 0 Å². The Bertz CT molecular complexity index is 590. The van der Waals surface area contributed by atoms with Crippen molar-refractivity contribution in [2.75, 3.05) is 5.32 Å². The highest BCUT2D eigenvalue weighted by atomic mass is 16.5. The van der Waals surface area contributed by atoms with Crippen LogP contribution in [0.15, 0.2) is 22.7 Å². The number of benzene rings is 1. The zero-order chi connectivity index (χ0) is 14.7. The second-order valence-electron chi connectivity index (χ2n) is 5.23. The maximum absolute atomic E-state index is 12.0. The first kappa shape index (κ1) is 14.3. The van der Waals surface area contributed by atoms with Crippen molar-refractivity contribution >= 4 is 11.6 Å². The molecular weight excluding hydrogens is 252 g/mol. The van der Waals surface area contributed by atoms with Crippen LogP contribution in [0.4, 0.5) is 5.69 Å². The minimum atomic E-state index is 0.00926. The first-order valence-electron chi connectivity index (χ1n) is 6.75. The summed E-state index contributed by atoms with van der Waals surface area (Å²) in [4.78, 5) is 12.0. The predicted molar refractivity (Wildman–Crippen MR) is 78.8 cm³/mol. The fourth-order valence-electron chi connectivity index (χ4n) is 2.37. The lowest BCUT2D eigenvalue weighted by atomic mass is 10.1. The summed E-state index contributed by atoms with van der Waals surface area (Å²) in [6.45, 7) is 7.81. The van der Waals surface area contributed by atoms with Gasteiger partial charge in [-0.1, -0.05) is 11.2 Å². The molecule has 0 unspecified atom stereocenters. The number of aromatic nitrogens is 1. The zero-order valence-electron chi connectivity index (χ0n) is 12.4. The molecule has 20 heavy (non-hydrogen) atoms. The van der Waals surface area contributed by atoms with Gasteiger partial charge in [0.05, 0.1) is 5.69 Å². The molecule has 106 valence electrons. The number of hydrogen-bond acceptors (Lipinski definition) is 3. The minimum Gasteiger partial charge on any atom is -0.361 e. The lowest BCUT2D eigenvalue weighted by Gasteiger charge is -2.07. The maximum atomic E-state index is 12.0. The molecule has 0 spiro atoms. The highest BCUT2D eigenvalue weighted by Crippen LogP contribution is 2.16. The molecule has 4 nitrogen and oxygen atoms in total. The van der Waals surface area contributed by atoms with E-state index in [-0.39, 0.29) is 5.91 Å². The Balaban J connectivity index is 1.96. The summed E-state index contributed by atoms with van der Waals surface area (Å²) >= 11 is 0. The third-order valence-corrected chi connectivity index (χ3v) is 3.29. The molecule has 0 atom stereocenters. The molecule has 1 N–H and O–H groups in total. The molecule has 2 rings (SSSR count). The third-order valence-electron chi connectivity index (χ3n) is 3.29. The van der Waals surface area contributed by atoms with Gasteiger partial charge in [-0.15, -0.1) is 0 Å². The number of nitrogens with zero attached hydrogens (tertiary/aromatic N) is 1. The Hall–Kier alpha value is -2.10. The number of anilines is 1. The van der Waals surface area contributed by atoms with E-state index in [0.717, 1.165) is 33.8 Å². The highest BCUT2D eigenvalue weighted by molar-refractivity contribution is 5.91. The second-order valence-corrected chi connectivity index (χ2v) is 5.23. The van der Waals surface area contributed by atoms with E-state index in [2.05, 4.69) is 16.5 Å². The normalized spacial score (nSPS) is 10.6. The van der Waals surface area contributed by atoms with Crippen LogP contribution < -0.4 is 5.32 Å². The van der Waals surface area contributed by atoms with Gasteiger partial charge in [0.15, 0.2) is 0 Å². The van der Waals surface area contributed by atoms with Crippen LogP contribution in [-0.2, 0) is 11.2 Å². The molecule has 0 aliphatic rings. The van der Waals surface area contributed by atoms with Crippen molar-refractivity contribution in [2.24, 2.45) is 0 Å². The van der Waals surface area contributed by atoms with Gasteiger partial charge in [0.2, 0.25) is 5.91 Å². The molecule has 0 fully saturated rings. The van der Waals surface area contributed by atoms with Crippen LogP contribution in [0.1, 0.15) is 34.6 Å². The Morgan fingerprint density at radius 1 is 1.15 bits per heavy atom. The fourth-order valence-corrected chi connectivity index (χ4v) is 2.37. The Kier molecular flexibility index (Phi) is 4.23. The van der Waals surface area contributed by atoms with E-state index >= 15 is 0 Å². The summed E-state index contributed by atoms with van der Waals surface area (Å²) in [7, 11) is 0. The molecule has 1 amide bonds. The van der Waals surface area contributed by atoms with Crippen LogP contribution in [0.3, 0.4) is 0 Å². The van der Waals surface area contributed by atoms with E-state index in [0.29, 0.717) is 12.8 Å². The summed E-state index contributed by atoms with van der Waals surface area (Å²) in [5, 5.41) is 6.83. The van der Waals surface area contributed by atoms with Crippen molar-refractivity contribution in [2.45, 2.75) is 40.5 Å². The van der Waals surface area contributed by atoms with Crippen LogP contribution in [-0.4, -0.2) is 11.1 Å². The molecule has 1 heterocycles. The van der Waals surface area contributed by atoms with Crippen LogP contribution >= 0.6 is 0 Å². The standard InChI is InChI=1S/C16H20N2O2/c1-10-7-11(2)9-14(8-10)17-16(19)6-5-15-12(3)18-20-13(15)4/h7-9H,5-6H2,1-4H3,(H,17,19). The predicted octanol–water partition coefficient (Wildman–Crippen LogP) is 3.48. The number of hydrogen-bond donors (Lipinski definition) is 1. The molecule has 0 saturated heterocycles. The van der Waals surface area contributed by atoms with Gasteiger partial charge in [-0.3, -0.25) is 4.79 Å². The highest BCUT2D eigenvalue weighted by Gasteiger charge is 2.11. The third kappa shape index (κ3) is 3.47. The lowest BCUT2D eigenvalue weighted by Crippen LogP contribution is -2.12. The molecule has 1 aromatic carbocycles. The number of amides is 1. The summed E-state index contributed by atoms with van der Waals surface area (Å²) in [6.07, 6.45) is 1.08. The topological polar surface area (TPSA) is 55.1 Å².